The Balaban J connectivity index is 2.83. The third-order valence-electron chi connectivity index (χ3n) is 1.20. The maximum absolute atomic E-state index is 8.03. The van der Waals surface area contributed by atoms with E-state index < -0.39 is 54.4 Å². The molecule has 0 amide bonds. The molecule has 1 fully saturated rings. The summed E-state index contributed by atoms with van der Waals surface area (Å²) in [7, 11) is 0. The SMILES string of the molecule is [2H]c1c([2H])c(C2([2H])C([2H])([2H])OC2([2H])[2H])c([2H])c([2H])c1N. The van der Waals surface area contributed by atoms with Crippen molar-refractivity contribution >= 4 is 5.69 Å². The first-order valence-electron chi connectivity index (χ1n) is 7.45. The van der Waals surface area contributed by atoms with Crippen LogP contribution in [-0.2, 0) is 4.74 Å². The predicted molar refractivity (Wildman–Crippen MR) is 44.4 cm³/mol. The lowest BCUT2D eigenvalue weighted by molar-refractivity contribution is 0.00843. The van der Waals surface area contributed by atoms with Crippen molar-refractivity contribution in [2.45, 2.75) is 5.89 Å². The second-order valence-corrected chi connectivity index (χ2v) is 1.97. The lowest BCUT2D eigenvalue weighted by atomic mass is 9.98. The second-order valence-electron chi connectivity index (χ2n) is 1.97. The Bertz CT molecular complexity index is 557. The van der Waals surface area contributed by atoms with Gasteiger partial charge in [0, 0.05) is 13.0 Å². The van der Waals surface area contributed by atoms with Crippen LogP contribution in [0.15, 0.2) is 24.2 Å². The summed E-state index contributed by atoms with van der Waals surface area (Å²) in [5.74, 6) is -2.71. The number of benzene rings is 1. The van der Waals surface area contributed by atoms with E-state index in [9.17, 15) is 0 Å². The molecule has 2 N–H and O–H groups in total. The summed E-state index contributed by atoms with van der Waals surface area (Å²) in [4.78, 5) is 0. The molecule has 2 rings (SSSR count). The van der Waals surface area contributed by atoms with Gasteiger partial charge in [-0.1, -0.05) is 12.1 Å². The fraction of sp³-hybridized carbons (Fsp3) is 0.333. The van der Waals surface area contributed by atoms with Crippen molar-refractivity contribution in [3.8, 4) is 0 Å². The molecular weight excluding hydrogens is 138 g/mol. The van der Waals surface area contributed by atoms with Gasteiger partial charge in [-0.2, -0.15) is 0 Å². The lowest BCUT2D eigenvalue weighted by Gasteiger charge is -2.26. The van der Waals surface area contributed by atoms with E-state index in [0.717, 1.165) is 0 Å². The second kappa shape index (κ2) is 2.55. The van der Waals surface area contributed by atoms with E-state index in [-0.39, 0.29) is 0 Å². The van der Waals surface area contributed by atoms with Crippen molar-refractivity contribution in [2.24, 2.45) is 0 Å². The first-order chi connectivity index (χ1) is 8.88. The number of nitrogens with two attached hydrogens (primary N) is 1. The van der Waals surface area contributed by atoms with Crippen molar-refractivity contribution in [1.82, 2.24) is 0 Å². The maximum Gasteiger partial charge on any atom is 0.0645 e. The topological polar surface area (TPSA) is 35.2 Å². The highest BCUT2D eigenvalue weighted by Gasteiger charge is 2.19. The van der Waals surface area contributed by atoms with Gasteiger partial charge in [0.1, 0.15) is 0 Å². The Kier molecular flexibility index (Phi) is 0.467. The number of rotatable bonds is 1. The highest BCUT2D eigenvalue weighted by molar-refractivity contribution is 5.40. The average molecular weight is 158 g/mol. The monoisotopic (exact) mass is 158 g/mol. The van der Waals surface area contributed by atoms with Gasteiger partial charge >= 0.3 is 0 Å². The molecule has 1 aromatic carbocycles. The van der Waals surface area contributed by atoms with Gasteiger partial charge in [-0.15, -0.1) is 0 Å². The summed E-state index contributed by atoms with van der Waals surface area (Å²) >= 11 is 0. The minimum absolute atomic E-state index is 0.436. The number of anilines is 1. The minimum atomic E-state index is -2.78. The van der Waals surface area contributed by atoms with Gasteiger partial charge in [0.05, 0.1) is 24.1 Å². The van der Waals surface area contributed by atoms with Crippen molar-refractivity contribution < 1.29 is 17.1 Å². The highest BCUT2D eigenvalue weighted by atomic mass is 16.5. The normalized spacial score (nSPS) is 41.6. The molecule has 0 radical (unpaired) electrons. The highest BCUT2D eigenvalue weighted by Crippen LogP contribution is 2.24. The predicted octanol–water partition coefficient (Wildman–Crippen LogP) is 1.38. The zero-order valence-corrected chi connectivity index (χ0v) is 5.49. The molecule has 1 saturated heterocycles. The third-order valence-corrected chi connectivity index (χ3v) is 1.20. The van der Waals surface area contributed by atoms with Crippen LogP contribution >= 0.6 is 0 Å². The van der Waals surface area contributed by atoms with Gasteiger partial charge in [0.25, 0.3) is 0 Å². The molecule has 1 aliphatic heterocycles. The Morgan fingerprint density at radius 1 is 1.55 bits per heavy atom. The molecule has 1 heterocycles. The average Bonchev–Trinajstić information content (AvgIpc) is 2.32. The largest absolute Gasteiger partial charge is 0.399 e. The van der Waals surface area contributed by atoms with Crippen LogP contribution in [0, 0.1) is 0 Å². The van der Waals surface area contributed by atoms with Crippen LogP contribution in [0.1, 0.15) is 23.8 Å². The number of ether oxygens (including phenoxy) is 1. The van der Waals surface area contributed by atoms with Crippen LogP contribution in [0.3, 0.4) is 0 Å². The van der Waals surface area contributed by atoms with E-state index in [1.807, 2.05) is 0 Å². The third kappa shape index (κ3) is 1.21. The lowest BCUT2D eigenvalue weighted by Crippen LogP contribution is -2.24. The quantitative estimate of drug-likeness (QED) is 0.627. The van der Waals surface area contributed by atoms with Crippen LogP contribution in [0.4, 0.5) is 5.69 Å². The summed E-state index contributed by atoms with van der Waals surface area (Å²) in [6.45, 7) is -5.56. The molecule has 2 nitrogen and oxygen atoms in total. The van der Waals surface area contributed by atoms with Crippen molar-refractivity contribution in [3.63, 3.8) is 0 Å². The number of hydrogen-bond acceptors (Lipinski definition) is 2. The summed E-state index contributed by atoms with van der Waals surface area (Å²) < 4.78 is 73.0. The molecule has 0 spiro atoms. The fourth-order valence-corrected chi connectivity index (χ4v) is 0.651. The van der Waals surface area contributed by atoms with Crippen molar-refractivity contribution in [1.29, 1.82) is 0 Å². The first kappa shape index (κ1) is 2.02. The van der Waals surface area contributed by atoms with E-state index >= 15 is 0 Å². The number of hydrogen-bond donors (Lipinski definition) is 1. The van der Waals surface area contributed by atoms with E-state index in [1.54, 1.807) is 0 Å². The molecule has 1 aliphatic rings. The Hall–Kier alpha value is -1.02. The molecule has 0 saturated carbocycles. The molecule has 0 bridgehead atoms. The minimum Gasteiger partial charge on any atom is -0.399 e. The summed E-state index contributed by atoms with van der Waals surface area (Å²) in [5, 5.41) is 0. The van der Waals surface area contributed by atoms with E-state index in [2.05, 4.69) is 4.74 Å². The smallest absolute Gasteiger partial charge is 0.0645 e. The van der Waals surface area contributed by atoms with Crippen LogP contribution in [0.25, 0.3) is 0 Å². The zero-order chi connectivity index (χ0) is 15.7. The van der Waals surface area contributed by atoms with Crippen LogP contribution < -0.4 is 5.73 Å². The molecule has 0 atom stereocenters. The van der Waals surface area contributed by atoms with Crippen molar-refractivity contribution in [3.05, 3.63) is 29.7 Å². The van der Waals surface area contributed by atoms with E-state index in [1.165, 1.54) is 0 Å². The molecule has 0 aromatic heterocycles. The van der Waals surface area contributed by atoms with E-state index in [0.29, 0.717) is 0 Å². The Morgan fingerprint density at radius 3 is 2.73 bits per heavy atom. The first-order valence-corrected chi connectivity index (χ1v) is 2.95. The number of nitrogen functional groups attached to an aromatic ring is 1. The van der Waals surface area contributed by atoms with Gasteiger partial charge in [-0.25, -0.2) is 0 Å². The van der Waals surface area contributed by atoms with Gasteiger partial charge in [0.15, 0.2) is 0 Å². The van der Waals surface area contributed by atoms with Crippen LogP contribution in [0.2, 0.25) is 0 Å². The Labute approximate surface area is 78.6 Å². The van der Waals surface area contributed by atoms with E-state index in [4.69, 9.17) is 18.1 Å². The zero-order valence-electron chi connectivity index (χ0n) is 14.5. The van der Waals surface area contributed by atoms with Crippen LogP contribution in [-0.4, -0.2) is 13.1 Å². The summed E-state index contributed by atoms with van der Waals surface area (Å²) in [6, 6.07) is -2.75. The molecule has 58 valence electrons. The molecular formula is C9H11NO. The molecule has 2 heteroatoms. The van der Waals surface area contributed by atoms with Crippen molar-refractivity contribution in [2.75, 3.05) is 18.9 Å². The molecule has 1 aromatic rings. The molecule has 0 unspecified atom stereocenters. The van der Waals surface area contributed by atoms with Gasteiger partial charge < -0.3 is 10.5 Å². The van der Waals surface area contributed by atoms with Gasteiger partial charge in [-0.3, -0.25) is 0 Å². The summed E-state index contributed by atoms with van der Waals surface area (Å²) in [6.07, 6.45) is 0. The van der Waals surface area contributed by atoms with Gasteiger partial charge in [-0.05, 0) is 17.6 Å². The Morgan fingerprint density at radius 2 is 2.18 bits per heavy atom. The maximum atomic E-state index is 8.03. The molecule has 11 heavy (non-hydrogen) atoms. The summed E-state index contributed by atoms with van der Waals surface area (Å²) in [5.41, 5.74) is 4.25. The standard InChI is InChI=1S/C9H11NO/c10-9-3-1-7(2-4-9)8-5-11-6-8/h1-4,8H,5-6,10H2/i1D,2D,3D,4D,5D2,6D2,8D. The molecule has 0 aliphatic carbocycles. The van der Waals surface area contributed by atoms with Gasteiger partial charge in [0.2, 0.25) is 0 Å². The fourth-order valence-electron chi connectivity index (χ4n) is 0.651. The van der Waals surface area contributed by atoms with Crippen LogP contribution in [0.5, 0.6) is 0 Å².